The second-order valence-electron chi connectivity index (χ2n) is 3.62. The van der Waals surface area contributed by atoms with E-state index in [1.54, 1.807) is 12.1 Å². The van der Waals surface area contributed by atoms with Crippen molar-refractivity contribution in [2.45, 2.75) is 31.2 Å². The predicted octanol–water partition coefficient (Wildman–Crippen LogP) is 2.11. The summed E-state index contributed by atoms with van der Waals surface area (Å²) in [7, 11) is -3.47. The summed E-state index contributed by atoms with van der Waals surface area (Å²) in [6.07, 6.45) is 0.742. The molecule has 0 heterocycles. The Kier molecular flexibility index (Phi) is 4.35. The molecule has 1 aromatic carbocycles. The van der Waals surface area contributed by atoms with Crippen LogP contribution in [0.2, 0.25) is 0 Å². The number of halogens is 1. The van der Waals surface area contributed by atoms with Gasteiger partial charge in [0.05, 0.1) is 4.90 Å². The first-order valence-corrected chi connectivity index (χ1v) is 7.21. The fraction of sp³-hybridized carbons (Fsp3) is 0.400. The van der Waals surface area contributed by atoms with E-state index in [0.717, 1.165) is 6.42 Å². The molecule has 1 rings (SSSR count). The van der Waals surface area contributed by atoms with Crippen molar-refractivity contribution >= 4 is 31.6 Å². The normalized spacial score (nSPS) is 13.7. The third-order valence-corrected chi connectivity index (χ3v) is 4.78. The zero-order valence-corrected chi connectivity index (χ0v) is 11.6. The molecule has 16 heavy (non-hydrogen) atoms. The molecule has 90 valence electrons. The van der Waals surface area contributed by atoms with Gasteiger partial charge in [-0.1, -0.05) is 6.92 Å². The van der Waals surface area contributed by atoms with E-state index in [1.807, 2.05) is 13.8 Å². The molecule has 0 aliphatic rings. The number of hydrogen-bond donors (Lipinski definition) is 2. The van der Waals surface area contributed by atoms with Crippen molar-refractivity contribution in [3.05, 3.63) is 22.7 Å². The third kappa shape index (κ3) is 3.20. The Morgan fingerprint density at radius 2 is 2.12 bits per heavy atom. The van der Waals surface area contributed by atoms with Gasteiger partial charge < -0.3 is 5.73 Å². The molecule has 4 nitrogen and oxygen atoms in total. The third-order valence-electron chi connectivity index (χ3n) is 2.21. The van der Waals surface area contributed by atoms with Crippen LogP contribution < -0.4 is 10.5 Å². The molecule has 3 N–H and O–H groups in total. The average Bonchev–Trinajstić information content (AvgIpc) is 2.16. The molecule has 0 aromatic heterocycles. The van der Waals surface area contributed by atoms with Gasteiger partial charge >= 0.3 is 0 Å². The Hall–Kier alpha value is -0.590. The minimum absolute atomic E-state index is 0.0885. The van der Waals surface area contributed by atoms with Gasteiger partial charge in [-0.2, -0.15) is 0 Å². The van der Waals surface area contributed by atoms with Crippen LogP contribution in [0.15, 0.2) is 27.6 Å². The molecule has 1 atom stereocenters. The van der Waals surface area contributed by atoms with Crippen molar-refractivity contribution in [1.82, 2.24) is 4.72 Å². The average molecular weight is 307 g/mol. The Labute approximate surface area is 104 Å². The number of benzene rings is 1. The van der Waals surface area contributed by atoms with Crippen molar-refractivity contribution in [3.63, 3.8) is 0 Å². The SMILES string of the molecule is CCC(C)NS(=O)(=O)c1ccc(N)cc1Br. The Bertz CT molecular complexity index is 474. The topological polar surface area (TPSA) is 72.2 Å². The predicted molar refractivity (Wildman–Crippen MR) is 68.6 cm³/mol. The van der Waals surface area contributed by atoms with Gasteiger partial charge in [-0.3, -0.25) is 0 Å². The lowest BCUT2D eigenvalue weighted by Crippen LogP contribution is -2.32. The molecule has 0 spiro atoms. The van der Waals surface area contributed by atoms with Crippen LogP contribution in [-0.2, 0) is 10.0 Å². The van der Waals surface area contributed by atoms with Crippen molar-refractivity contribution in [3.8, 4) is 0 Å². The molecule has 0 amide bonds. The highest BCUT2D eigenvalue weighted by molar-refractivity contribution is 9.10. The van der Waals surface area contributed by atoms with E-state index in [1.165, 1.54) is 6.07 Å². The van der Waals surface area contributed by atoms with E-state index in [0.29, 0.717) is 10.2 Å². The van der Waals surface area contributed by atoms with Gasteiger partial charge in [-0.25, -0.2) is 13.1 Å². The largest absolute Gasteiger partial charge is 0.399 e. The number of sulfonamides is 1. The van der Waals surface area contributed by atoms with Crippen LogP contribution in [-0.4, -0.2) is 14.5 Å². The Morgan fingerprint density at radius 3 is 2.62 bits per heavy atom. The standard InChI is InChI=1S/C10H15BrN2O2S/c1-3-7(2)13-16(14,15)10-5-4-8(12)6-9(10)11/h4-7,13H,3,12H2,1-2H3. The van der Waals surface area contributed by atoms with Crippen LogP contribution in [0.1, 0.15) is 20.3 Å². The molecule has 0 saturated carbocycles. The van der Waals surface area contributed by atoms with Crippen LogP contribution in [0.3, 0.4) is 0 Å². The van der Waals surface area contributed by atoms with Crippen LogP contribution in [0.4, 0.5) is 5.69 Å². The van der Waals surface area contributed by atoms with E-state index in [-0.39, 0.29) is 10.9 Å². The van der Waals surface area contributed by atoms with Crippen LogP contribution in [0, 0.1) is 0 Å². The Balaban J connectivity index is 3.08. The zero-order valence-electron chi connectivity index (χ0n) is 9.20. The Morgan fingerprint density at radius 1 is 1.50 bits per heavy atom. The summed E-state index contributed by atoms with van der Waals surface area (Å²) in [5, 5.41) is 0. The quantitative estimate of drug-likeness (QED) is 0.837. The summed E-state index contributed by atoms with van der Waals surface area (Å²) in [6.45, 7) is 3.74. The molecule has 0 radical (unpaired) electrons. The number of nitrogens with one attached hydrogen (secondary N) is 1. The van der Waals surface area contributed by atoms with Gasteiger partial charge in [0.25, 0.3) is 0 Å². The van der Waals surface area contributed by atoms with Gasteiger partial charge in [0, 0.05) is 16.2 Å². The van der Waals surface area contributed by atoms with Gasteiger partial charge in [0.15, 0.2) is 0 Å². The van der Waals surface area contributed by atoms with Crippen molar-refractivity contribution in [1.29, 1.82) is 0 Å². The molecular formula is C10H15BrN2O2S. The van der Waals surface area contributed by atoms with Gasteiger partial charge in [0.1, 0.15) is 0 Å². The lowest BCUT2D eigenvalue weighted by atomic mass is 10.3. The number of hydrogen-bond acceptors (Lipinski definition) is 3. The molecule has 0 bridgehead atoms. The monoisotopic (exact) mass is 306 g/mol. The lowest BCUT2D eigenvalue weighted by molar-refractivity contribution is 0.555. The number of nitrogens with two attached hydrogens (primary N) is 1. The van der Waals surface area contributed by atoms with E-state index in [9.17, 15) is 8.42 Å². The summed E-state index contributed by atoms with van der Waals surface area (Å²) in [5.41, 5.74) is 6.08. The van der Waals surface area contributed by atoms with Crippen LogP contribution in [0.5, 0.6) is 0 Å². The fourth-order valence-electron chi connectivity index (χ4n) is 1.15. The first-order valence-electron chi connectivity index (χ1n) is 4.94. The van der Waals surface area contributed by atoms with E-state index < -0.39 is 10.0 Å². The van der Waals surface area contributed by atoms with E-state index in [4.69, 9.17) is 5.73 Å². The fourth-order valence-corrected chi connectivity index (χ4v) is 3.57. The molecule has 6 heteroatoms. The minimum atomic E-state index is -3.47. The van der Waals surface area contributed by atoms with Crippen LogP contribution >= 0.6 is 15.9 Å². The van der Waals surface area contributed by atoms with Gasteiger partial charge in [-0.05, 0) is 47.5 Å². The maximum absolute atomic E-state index is 12.0. The van der Waals surface area contributed by atoms with Gasteiger partial charge in [0.2, 0.25) is 10.0 Å². The smallest absolute Gasteiger partial charge is 0.241 e. The maximum Gasteiger partial charge on any atom is 0.241 e. The summed E-state index contributed by atoms with van der Waals surface area (Å²) < 4.78 is 27.0. The molecule has 0 saturated heterocycles. The van der Waals surface area contributed by atoms with Crippen molar-refractivity contribution in [2.75, 3.05) is 5.73 Å². The number of rotatable bonds is 4. The first kappa shape index (κ1) is 13.5. The highest BCUT2D eigenvalue weighted by atomic mass is 79.9. The summed E-state index contributed by atoms with van der Waals surface area (Å²) >= 11 is 3.20. The highest BCUT2D eigenvalue weighted by Crippen LogP contribution is 2.24. The molecule has 0 aliphatic heterocycles. The second-order valence-corrected chi connectivity index (χ2v) is 6.16. The zero-order chi connectivity index (χ0) is 12.3. The second kappa shape index (κ2) is 5.16. The van der Waals surface area contributed by atoms with Crippen LogP contribution in [0.25, 0.3) is 0 Å². The molecule has 0 fully saturated rings. The molecule has 1 unspecified atom stereocenters. The molecular weight excluding hydrogens is 292 g/mol. The lowest BCUT2D eigenvalue weighted by Gasteiger charge is -2.13. The van der Waals surface area contributed by atoms with E-state index in [2.05, 4.69) is 20.7 Å². The maximum atomic E-state index is 12.0. The van der Waals surface area contributed by atoms with Gasteiger partial charge in [-0.15, -0.1) is 0 Å². The van der Waals surface area contributed by atoms with Crippen molar-refractivity contribution < 1.29 is 8.42 Å². The molecule has 1 aromatic rings. The highest BCUT2D eigenvalue weighted by Gasteiger charge is 2.19. The molecule has 0 aliphatic carbocycles. The summed E-state index contributed by atoms with van der Waals surface area (Å²) in [5.74, 6) is 0. The van der Waals surface area contributed by atoms with Crippen molar-refractivity contribution in [2.24, 2.45) is 0 Å². The number of anilines is 1. The van der Waals surface area contributed by atoms with E-state index >= 15 is 0 Å². The minimum Gasteiger partial charge on any atom is -0.399 e. The summed E-state index contributed by atoms with van der Waals surface area (Å²) in [4.78, 5) is 0.210. The number of nitrogen functional groups attached to an aromatic ring is 1. The first-order chi connectivity index (χ1) is 7.36. The summed E-state index contributed by atoms with van der Waals surface area (Å²) in [6, 6.07) is 4.54.